The summed E-state index contributed by atoms with van der Waals surface area (Å²) in [6, 6.07) is 7.41. The molecule has 0 radical (unpaired) electrons. The van der Waals surface area contributed by atoms with Crippen LogP contribution in [0.2, 0.25) is 16.6 Å². The van der Waals surface area contributed by atoms with Crippen LogP contribution in [-0.2, 0) is 19.0 Å². The quantitative estimate of drug-likeness (QED) is 0.255. The highest BCUT2D eigenvalue weighted by Gasteiger charge is 2.46. The van der Waals surface area contributed by atoms with Crippen LogP contribution in [0.4, 0.5) is 0 Å². The first kappa shape index (κ1) is 25.6. The van der Waals surface area contributed by atoms with Crippen LogP contribution >= 0.6 is 0 Å². The van der Waals surface area contributed by atoms with Gasteiger partial charge >= 0.3 is 5.97 Å². The third-order valence-electron chi connectivity index (χ3n) is 5.47. The van der Waals surface area contributed by atoms with Crippen molar-refractivity contribution in [1.82, 2.24) is 0 Å². The minimum absolute atomic E-state index is 0.0413. The topological polar surface area (TPSA) is 74.2 Å². The van der Waals surface area contributed by atoms with Gasteiger partial charge in [-0.2, -0.15) is 0 Å². The van der Waals surface area contributed by atoms with E-state index in [0.29, 0.717) is 35.4 Å². The lowest BCUT2D eigenvalue weighted by atomic mass is 10.0. The van der Waals surface area contributed by atoms with Crippen molar-refractivity contribution in [3.05, 3.63) is 29.8 Å². The molecule has 1 aromatic carbocycles. The van der Waals surface area contributed by atoms with E-state index >= 15 is 0 Å². The second-order valence-electron chi connectivity index (χ2n) is 8.27. The highest BCUT2D eigenvalue weighted by atomic mass is 28.4. The summed E-state index contributed by atoms with van der Waals surface area (Å²) in [5, 5.41) is 9.58. The lowest BCUT2D eigenvalue weighted by Gasteiger charge is -2.42. The highest BCUT2D eigenvalue weighted by molar-refractivity contribution is 6.78. The van der Waals surface area contributed by atoms with Crippen LogP contribution in [-0.4, -0.2) is 53.1 Å². The molecule has 0 unspecified atom stereocenters. The third-order valence-corrected chi connectivity index (χ3v) is 11.5. The van der Waals surface area contributed by atoms with Gasteiger partial charge < -0.3 is 23.7 Å². The van der Waals surface area contributed by atoms with Gasteiger partial charge in [-0.25, -0.2) is 0 Å². The maximum absolute atomic E-state index is 11.7. The average molecular weight is 427 g/mol. The molecule has 0 amide bonds. The number of methoxy groups -OCH3 is 1. The first-order valence-electron chi connectivity index (χ1n) is 10.3. The Morgan fingerprint density at radius 3 is 1.93 bits per heavy atom. The van der Waals surface area contributed by atoms with Crippen LogP contribution in [0.5, 0.6) is 5.75 Å². The molecule has 0 aliphatic carbocycles. The first-order chi connectivity index (χ1) is 13.7. The molecule has 0 bridgehead atoms. The number of hydrogen-bond donors (Lipinski definition) is 1. The van der Waals surface area contributed by atoms with Crippen molar-refractivity contribution in [2.75, 3.05) is 33.7 Å². The molecule has 29 heavy (non-hydrogen) atoms. The number of benzene rings is 1. The lowest BCUT2D eigenvalue weighted by molar-refractivity contribution is -0.142. The zero-order valence-electron chi connectivity index (χ0n) is 18.9. The molecule has 0 saturated carbocycles. The summed E-state index contributed by atoms with van der Waals surface area (Å²) in [7, 11) is -0.448. The standard InChI is InChI=1S/C22H38O6Si/c1-16(2)29(17(3)4,18(5)6)28-20-10-8-19(9-11-20)21(22(23)24)14-27-15-26-13-12-25-7/h8-11,16-18,21H,12-15H2,1-7H3,(H,23,24)/t21-/m1/s1. The van der Waals surface area contributed by atoms with Crippen molar-refractivity contribution in [1.29, 1.82) is 0 Å². The van der Waals surface area contributed by atoms with Crippen molar-refractivity contribution in [3.8, 4) is 5.75 Å². The van der Waals surface area contributed by atoms with Gasteiger partial charge in [0.1, 0.15) is 18.5 Å². The van der Waals surface area contributed by atoms with Crippen molar-refractivity contribution < 1.29 is 28.5 Å². The molecular weight excluding hydrogens is 388 g/mol. The van der Waals surface area contributed by atoms with E-state index < -0.39 is 20.2 Å². The number of rotatable bonds is 14. The molecule has 0 saturated heterocycles. The zero-order valence-corrected chi connectivity index (χ0v) is 19.9. The molecule has 0 heterocycles. The van der Waals surface area contributed by atoms with Crippen molar-refractivity contribution in [2.24, 2.45) is 0 Å². The summed E-state index contributed by atoms with van der Waals surface area (Å²) in [6.07, 6.45) is 0. The number of carbonyl (C=O) groups is 1. The second-order valence-corrected chi connectivity index (χ2v) is 13.6. The molecule has 0 spiro atoms. The number of hydrogen-bond acceptors (Lipinski definition) is 5. The Morgan fingerprint density at radius 1 is 0.931 bits per heavy atom. The van der Waals surface area contributed by atoms with Gasteiger partial charge in [0.15, 0.2) is 0 Å². The van der Waals surface area contributed by atoms with Crippen molar-refractivity contribution in [2.45, 2.75) is 64.1 Å². The SMILES string of the molecule is COCCOCOC[C@@H](C(=O)O)c1ccc(O[Si](C(C)C)(C(C)C)C(C)C)cc1. The second kappa shape index (κ2) is 12.3. The molecule has 1 atom stereocenters. The third kappa shape index (κ3) is 7.10. The summed E-state index contributed by atoms with van der Waals surface area (Å²) in [4.78, 5) is 11.7. The van der Waals surface area contributed by atoms with Gasteiger partial charge in [0, 0.05) is 7.11 Å². The fraction of sp³-hybridized carbons (Fsp3) is 0.682. The Balaban J connectivity index is 2.84. The van der Waals surface area contributed by atoms with Gasteiger partial charge in [-0.3, -0.25) is 4.79 Å². The summed E-state index contributed by atoms with van der Waals surface area (Å²) in [6.45, 7) is 14.4. The number of carboxylic acids is 1. The number of aliphatic carboxylic acids is 1. The van der Waals surface area contributed by atoms with E-state index in [1.54, 1.807) is 7.11 Å². The summed E-state index contributed by atoms with van der Waals surface area (Å²) in [5.41, 5.74) is 2.11. The molecular formula is C22H38O6Si. The minimum atomic E-state index is -2.04. The Kier molecular flexibility index (Phi) is 10.9. The Hall–Kier alpha value is -1.41. The minimum Gasteiger partial charge on any atom is -0.543 e. The average Bonchev–Trinajstić information content (AvgIpc) is 2.65. The molecule has 1 rings (SSSR count). The molecule has 0 aliphatic heterocycles. The highest BCUT2D eigenvalue weighted by Crippen LogP contribution is 2.42. The van der Waals surface area contributed by atoms with Gasteiger partial charge in [-0.15, -0.1) is 0 Å². The lowest BCUT2D eigenvalue weighted by Crippen LogP contribution is -2.50. The van der Waals surface area contributed by atoms with E-state index in [1.165, 1.54) is 0 Å². The zero-order chi connectivity index (χ0) is 22.0. The van der Waals surface area contributed by atoms with Crippen LogP contribution in [0.3, 0.4) is 0 Å². The monoisotopic (exact) mass is 426 g/mol. The van der Waals surface area contributed by atoms with Gasteiger partial charge in [0.25, 0.3) is 8.32 Å². The Labute approximate surface area is 176 Å². The molecule has 7 heteroatoms. The molecule has 1 aromatic rings. The fourth-order valence-electron chi connectivity index (χ4n) is 4.06. The van der Waals surface area contributed by atoms with Gasteiger partial charge in [0.2, 0.25) is 0 Å². The van der Waals surface area contributed by atoms with Gasteiger partial charge in [0.05, 0.1) is 19.8 Å². The predicted molar refractivity (Wildman–Crippen MR) is 117 cm³/mol. The molecule has 166 valence electrons. The largest absolute Gasteiger partial charge is 0.543 e. The fourth-order valence-corrected chi connectivity index (χ4v) is 9.31. The summed E-state index contributed by atoms with van der Waals surface area (Å²) >= 11 is 0. The van der Waals surface area contributed by atoms with Crippen molar-refractivity contribution >= 4 is 14.3 Å². The van der Waals surface area contributed by atoms with E-state index in [0.717, 1.165) is 5.75 Å². The molecule has 0 aliphatic rings. The van der Waals surface area contributed by atoms with E-state index in [9.17, 15) is 9.90 Å². The van der Waals surface area contributed by atoms with Crippen LogP contribution in [0, 0.1) is 0 Å². The maximum Gasteiger partial charge on any atom is 0.313 e. The van der Waals surface area contributed by atoms with E-state index in [2.05, 4.69) is 41.5 Å². The van der Waals surface area contributed by atoms with Gasteiger partial charge in [-0.05, 0) is 34.3 Å². The van der Waals surface area contributed by atoms with Crippen LogP contribution in [0.1, 0.15) is 53.0 Å². The molecule has 6 nitrogen and oxygen atoms in total. The molecule has 0 fully saturated rings. The summed E-state index contributed by atoms with van der Waals surface area (Å²) in [5.74, 6) is -0.868. The normalized spacial score (nSPS) is 13.3. The smallest absolute Gasteiger partial charge is 0.313 e. The molecule has 1 N–H and O–H groups in total. The van der Waals surface area contributed by atoms with Gasteiger partial charge in [-0.1, -0.05) is 53.7 Å². The Bertz CT molecular complexity index is 578. The first-order valence-corrected chi connectivity index (χ1v) is 12.5. The van der Waals surface area contributed by atoms with Crippen LogP contribution in [0.15, 0.2) is 24.3 Å². The molecule has 0 aromatic heterocycles. The number of ether oxygens (including phenoxy) is 3. The van der Waals surface area contributed by atoms with Crippen molar-refractivity contribution in [3.63, 3.8) is 0 Å². The number of carboxylic acid groups (broad SMARTS) is 1. The summed E-state index contributed by atoms with van der Waals surface area (Å²) < 4.78 is 22.1. The van der Waals surface area contributed by atoms with E-state index in [4.69, 9.17) is 18.6 Å². The predicted octanol–water partition coefficient (Wildman–Crippen LogP) is 5.05. The van der Waals surface area contributed by atoms with E-state index in [-0.39, 0.29) is 13.4 Å². The maximum atomic E-state index is 11.7. The van der Waals surface area contributed by atoms with Crippen LogP contribution in [0.25, 0.3) is 0 Å². The van der Waals surface area contributed by atoms with Crippen LogP contribution < -0.4 is 4.43 Å². The Morgan fingerprint density at radius 2 is 1.48 bits per heavy atom. The van der Waals surface area contributed by atoms with E-state index in [1.807, 2.05) is 24.3 Å².